The molecule has 1 spiro atoms. The maximum atomic E-state index is 13.4. The molecule has 0 aliphatic carbocycles. The Balaban J connectivity index is 1.75. The number of pyridine rings is 1. The van der Waals surface area contributed by atoms with Crippen LogP contribution < -0.4 is 4.74 Å². The highest BCUT2D eigenvalue weighted by atomic mass is 16.6. The molecule has 1 aromatic carbocycles. The van der Waals surface area contributed by atoms with E-state index in [1.54, 1.807) is 27.7 Å². The number of Topliss-reactive ketones (excluding diaryl/α,β-unsaturated/α-hetero) is 1. The molecular formula is C24H28N2O6. The third kappa shape index (κ3) is 3.78. The highest BCUT2D eigenvalue weighted by molar-refractivity contribution is 6.11. The van der Waals surface area contributed by atoms with Crippen molar-refractivity contribution in [2.45, 2.75) is 64.7 Å². The SMILES string of the molecule is COC(=O)[C@@H]1C[C@]2(CC(=O)c3c(c(C)nc4ccc(C)cc34)O2)CN1C(=O)OC(C)(C)C. The highest BCUT2D eigenvalue weighted by Crippen LogP contribution is 2.44. The fraction of sp³-hybridized carbons (Fsp3) is 0.500. The van der Waals surface area contributed by atoms with Crippen LogP contribution in [0.15, 0.2) is 18.2 Å². The Morgan fingerprint density at radius 1 is 1.25 bits per heavy atom. The number of hydrogen-bond acceptors (Lipinski definition) is 7. The number of amides is 1. The lowest BCUT2D eigenvalue weighted by Crippen LogP contribution is -2.47. The van der Waals surface area contributed by atoms with Gasteiger partial charge in [0, 0.05) is 11.8 Å². The molecule has 1 amide bonds. The molecule has 2 aliphatic heterocycles. The monoisotopic (exact) mass is 440 g/mol. The maximum absolute atomic E-state index is 13.4. The predicted molar refractivity (Wildman–Crippen MR) is 117 cm³/mol. The number of ketones is 1. The van der Waals surface area contributed by atoms with Crippen molar-refractivity contribution in [3.8, 4) is 5.75 Å². The van der Waals surface area contributed by atoms with E-state index in [0.717, 1.165) is 16.5 Å². The van der Waals surface area contributed by atoms with Crippen molar-refractivity contribution in [3.05, 3.63) is 35.0 Å². The van der Waals surface area contributed by atoms with Crippen molar-refractivity contribution in [2.75, 3.05) is 13.7 Å². The average Bonchev–Trinajstić information content (AvgIpc) is 3.05. The topological polar surface area (TPSA) is 95.0 Å². The molecule has 1 aromatic heterocycles. The second-order valence-corrected chi connectivity index (χ2v) is 9.66. The van der Waals surface area contributed by atoms with Gasteiger partial charge in [0.2, 0.25) is 0 Å². The number of aromatic nitrogens is 1. The van der Waals surface area contributed by atoms with E-state index in [0.29, 0.717) is 17.0 Å². The van der Waals surface area contributed by atoms with E-state index in [1.807, 2.05) is 25.1 Å². The fourth-order valence-electron chi connectivity index (χ4n) is 4.53. The Labute approximate surface area is 186 Å². The Morgan fingerprint density at radius 3 is 2.62 bits per heavy atom. The van der Waals surface area contributed by atoms with E-state index >= 15 is 0 Å². The van der Waals surface area contributed by atoms with E-state index < -0.39 is 29.3 Å². The van der Waals surface area contributed by atoms with Gasteiger partial charge in [-0.25, -0.2) is 14.6 Å². The molecule has 0 radical (unpaired) electrons. The summed E-state index contributed by atoms with van der Waals surface area (Å²) in [6.45, 7) is 9.05. The van der Waals surface area contributed by atoms with Gasteiger partial charge < -0.3 is 14.2 Å². The number of nitrogens with zero attached hydrogens (tertiary/aromatic N) is 2. The van der Waals surface area contributed by atoms with Gasteiger partial charge in [-0.1, -0.05) is 11.6 Å². The summed E-state index contributed by atoms with van der Waals surface area (Å²) in [7, 11) is 1.27. The first kappa shape index (κ1) is 22.0. The standard InChI is InChI=1S/C24H28N2O6/c1-13-7-8-16-15(9-13)19-18(27)11-24(31-20(19)14(2)25-16)10-17(21(28)30-6)26(12-24)22(29)32-23(3,4)5/h7-9,17H,10-12H2,1-6H3/t17-,24-/m0/s1. The molecule has 0 unspecified atom stereocenters. The van der Waals surface area contributed by atoms with Crippen LogP contribution in [-0.4, -0.2) is 58.6 Å². The molecule has 0 bridgehead atoms. The van der Waals surface area contributed by atoms with E-state index in [-0.39, 0.29) is 25.2 Å². The van der Waals surface area contributed by atoms with Gasteiger partial charge in [-0.2, -0.15) is 0 Å². The number of benzene rings is 1. The van der Waals surface area contributed by atoms with E-state index in [4.69, 9.17) is 14.2 Å². The molecule has 8 nitrogen and oxygen atoms in total. The third-order valence-corrected chi connectivity index (χ3v) is 5.85. The number of carbonyl (C=O) groups is 3. The van der Waals surface area contributed by atoms with Crippen LogP contribution in [0.25, 0.3) is 10.9 Å². The van der Waals surface area contributed by atoms with Crippen molar-refractivity contribution >= 4 is 28.7 Å². The summed E-state index contributed by atoms with van der Waals surface area (Å²) in [5.41, 5.74) is 1.06. The van der Waals surface area contributed by atoms with Crippen LogP contribution in [0.5, 0.6) is 5.75 Å². The largest absolute Gasteiger partial charge is 0.482 e. The summed E-state index contributed by atoms with van der Waals surface area (Å²) >= 11 is 0. The molecule has 170 valence electrons. The number of rotatable bonds is 1. The molecule has 4 rings (SSSR count). The Bertz CT molecular complexity index is 1140. The number of esters is 1. The molecule has 2 aromatic rings. The molecule has 1 fully saturated rings. The van der Waals surface area contributed by atoms with E-state index in [2.05, 4.69) is 4.98 Å². The van der Waals surface area contributed by atoms with Crippen LogP contribution in [0.1, 0.15) is 55.2 Å². The van der Waals surface area contributed by atoms with Crippen LogP contribution in [0.4, 0.5) is 4.79 Å². The van der Waals surface area contributed by atoms with Gasteiger partial charge in [-0.15, -0.1) is 0 Å². The number of fused-ring (bicyclic) bond motifs is 3. The highest BCUT2D eigenvalue weighted by Gasteiger charge is 2.55. The van der Waals surface area contributed by atoms with Gasteiger partial charge in [0.25, 0.3) is 0 Å². The smallest absolute Gasteiger partial charge is 0.411 e. The molecule has 0 N–H and O–H groups in total. The van der Waals surface area contributed by atoms with Crippen LogP contribution in [0.3, 0.4) is 0 Å². The van der Waals surface area contributed by atoms with Crippen molar-refractivity contribution in [2.24, 2.45) is 0 Å². The zero-order valence-corrected chi connectivity index (χ0v) is 19.3. The Kier molecular flexibility index (Phi) is 5.14. The molecular weight excluding hydrogens is 412 g/mol. The minimum absolute atomic E-state index is 0.0398. The zero-order valence-electron chi connectivity index (χ0n) is 19.3. The number of likely N-dealkylation sites (tertiary alicyclic amines) is 1. The van der Waals surface area contributed by atoms with Gasteiger partial charge in [0.1, 0.15) is 17.2 Å². The molecule has 2 aliphatic rings. The van der Waals surface area contributed by atoms with Crippen LogP contribution in [0, 0.1) is 13.8 Å². The number of ether oxygens (including phenoxy) is 3. The zero-order chi connectivity index (χ0) is 23.4. The summed E-state index contributed by atoms with van der Waals surface area (Å²) in [4.78, 5) is 44.7. The van der Waals surface area contributed by atoms with Crippen LogP contribution in [-0.2, 0) is 14.3 Å². The summed E-state index contributed by atoms with van der Waals surface area (Å²) < 4.78 is 16.9. The third-order valence-electron chi connectivity index (χ3n) is 5.85. The first-order valence-electron chi connectivity index (χ1n) is 10.6. The number of hydrogen-bond donors (Lipinski definition) is 0. The quantitative estimate of drug-likeness (QED) is 0.624. The van der Waals surface area contributed by atoms with Gasteiger partial charge in [0.15, 0.2) is 11.5 Å². The lowest BCUT2D eigenvalue weighted by atomic mass is 9.86. The number of aryl methyl sites for hydroxylation is 2. The second kappa shape index (κ2) is 7.46. The van der Waals surface area contributed by atoms with E-state index in [9.17, 15) is 14.4 Å². The van der Waals surface area contributed by atoms with Crippen LogP contribution >= 0.6 is 0 Å². The number of methoxy groups -OCH3 is 1. The normalized spacial score (nSPS) is 22.6. The van der Waals surface area contributed by atoms with Crippen LogP contribution in [0.2, 0.25) is 0 Å². The van der Waals surface area contributed by atoms with Crippen molar-refractivity contribution in [3.63, 3.8) is 0 Å². The lowest BCUT2D eigenvalue weighted by molar-refractivity contribution is -0.145. The van der Waals surface area contributed by atoms with Gasteiger partial charge in [-0.05, 0) is 46.8 Å². The van der Waals surface area contributed by atoms with Crippen molar-refractivity contribution in [1.29, 1.82) is 0 Å². The number of carbonyl (C=O) groups excluding carboxylic acids is 3. The lowest BCUT2D eigenvalue weighted by Gasteiger charge is -2.35. The summed E-state index contributed by atoms with van der Waals surface area (Å²) in [5, 5.41) is 0.747. The van der Waals surface area contributed by atoms with Crippen molar-refractivity contribution < 1.29 is 28.6 Å². The second-order valence-electron chi connectivity index (χ2n) is 9.66. The molecule has 3 heterocycles. The minimum Gasteiger partial charge on any atom is -0.482 e. The average molecular weight is 440 g/mol. The van der Waals surface area contributed by atoms with Gasteiger partial charge >= 0.3 is 12.1 Å². The first-order valence-corrected chi connectivity index (χ1v) is 10.6. The van der Waals surface area contributed by atoms with E-state index in [1.165, 1.54) is 12.0 Å². The molecule has 32 heavy (non-hydrogen) atoms. The van der Waals surface area contributed by atoms with Gasteiger partial charge in [-0.3, -0.25) is 9.69 Å². The first-order chi connectivity index (χ1) is 14.9. The molecule has 8 heteroatoms. The summed E-state index contributed by atoms with van der Waals surface area (Å²) in [6.07, 6.45) is -0.468. The Hall–Kier alpha value is -3.16. The Morgan fingerprint density at radius 2 is 1.97 bits per heavy atom. The predicted octanol–water partition coefficient (Wildman–Crippen LogP) is 3.74. The maximum Gasteiger partial charge on any atom is 0.411 e. The molecule has 1 saturated heterocycles. The minimum atomic E-state index is -1.05. The van der Waals surface area contributed by atoms with Gasteiger partial charge in [0.05, 0.1) is 36.8 Å². The fourth-order valence-corrected chi connectivity index (χ4v) is 4.53. The molecule has 0 saturated carbocycles. The summed E-state index contributed by atoms with van der Waals surface area (Å²) in [6, 6.07) is 4.87. The summed E-state index contributed by atoms with van der Waals surface area (Å²) in [5.74, 6) is -0.255. The molecule has 2 atom stereocenters. The van der Waals surface area contributed by atoms with Crippen molar-refractivity contribution in [1.82, 2.24) is 9.88 Å².